The normalized spacial score (nSPS) is 13.9. The number of hydrogen-bond donors (Lipinski definition) is 2. The smallest absolute Gasteiger partial charge is 0.268 e. The van der Waals surface area contributed by atoms with Crippen molar-refractivity contribution in [2.45, 2.75) is 334 Å². The van der Waals surface area contributed by atoms with Gasteiger partial charge in [0.2, 0.25) is 5.91 Å². The fourth-order valence-corrected chi connectivity index (χ4v) is 10.4. The van der Waals surface area contributed by atoms with Gasteiger partial charge in [-0.25, -0.2) is 0 Å². The zero-order chi connectivity index (χ0) is 51.3. The van der Waals surface area contributed by atoms with Crippen LogP contribution in [-0.4, -0.2) is 68.5 Å². The van der Waals surface area contributed by atoms with Gasteiger partial charge in [0.1, 0.15) is 13.2 Å². The van der Waals surface area contributed by atoms with Crippen LogP contribution in [0.15, 0.2) is 12.2 Å². The van der Waals surface area contributed by atoms with Gasteiger partial charge in [-0.1, -0.05) is 309 Å². The molecule has 0 aromatic carbocycles. The summed E-state index contributed by atoms with van der Waals surface area (Å²) in [6.07, 6.45) is 66.1. The fourth-order valence-electron chi connectivity index (χ4n) is 9.63. The van der Waals surface area contributed by atoms with E-state index in [1.807, 2.05) is 27.2 Å². The van der Waals surface area contributed by atoms with Gasteiger partial charge < -0.3 is 28.8 Å². The number of allylic oxidation sites excluding steroid dienone is 1. The Morgan fingerprint density at radius 3 is 1.07 bits per heavy atom. The molecule has 70 heavy (non-hydrogen) atoms. The van der Waals surface area contributed by atoms with Crippen molar-refractivity contribution in [1.82, 2.24) is 5.32 Å². The van der Waals surface area contributed by atoms with Crippen LogP contribution in [0.2, 0.25) is 0 Å². The summed E-state index contributed by atoms with van der Waals surface area (Å²) in [5.74, 6) is -0.190. The highest BCUT2D eigenvalue weighted by atomic mass is 31.2. The number of carbonyl (C=O) groups is 1. The Morgan fingerprint density at radius 2 is 0.771 bits per heavy atom. The number of phosphoric ester groups is 1. The first kappa shape index (κ1) is 69.2. The van der Waals surface area contributed by atoms with Crippen LogP contribution in [0.5, 0.6) is 0 Å². The van der Waals surface area contributed by atoms with Gasteiger partial charge in [-0.15, -0.1) is 0 Å². The molecule has 0 rings (SSSR count). The number of nitrogens with one attached hydrogen (secondary N) is 1. The number of amides is 1. The summed E-state index contributed by atoms with van der Waals surface area (Å²) in [7, 11) is 1.28. The Morgan fingerprint density at radius 1 is 0.486 bits per heavy atom. The lowest BCUT2D eigenvalue weighted by Crippen LogP contribution is -2.45. The van der Waals surface area contributed by atoms with E-state index in [0.29, 0.717) is 17.4 Å². The van der Waals surface area contributed by atoms with Crippen LogP contribution in [0.4, 0.5) is 0 Å². The Bertz CT molecular complexity index is 1150. The van der Waals surface area contributed by atoms with E-state index in [9.17, 15) is 19.4 Å². The molecule has 8 nitrogen and oxygen atoms in total. The quantitative estimate of drug-likeness (QED) is 0.0272. The van der Waals surface area contributed by atoms with Gasteiger partial charge in [-0.3, -0.25) is 9.36 Å². The van der Waals surface area contributed by atoms with Crippen LogP contribution in [0, 0.1) is 0 Å². The fraction of sp³-hybridized carbons (Fsp3) is 0.951. The minimum Gasteiger partial charge on any atom is -0.756 e. The molecule has 0 fully saturated rings. The number of phosphoric acid groups is 1. The summed E-state index contributed by atoms with van der Waals surface area (Å²) in [5, 5.41) is 13.9. The molecular weight excluding hydrogens is 888 g/mol. The molecule has 3 atom stereocenters. The van der Waals surface area contributed by atoms with Crippen molar-refractivity contribution in [2.75, 3.05) is 40.9 Å². The number of nitrogens with zero attached hydrogens (tertiary/aromatic N) is 1. The number of aliphatic hydroxyl groups is 1. The van der Waals surface area contributed by atoms with Crippen LogP contribution < -0.4 is 10.2 Å². The van der Waals surface area contributed by atoms with E-state index in [1.165, 1.54) is 263 Å². The van der Waals surface area contributed by atoms with Crippen molar-refractivity contribution in [3.05, 3.63) is 12.2 Å². The molecule has 0 aliphatic carbocycles. The van der Waals surface area contributed by atoms with Crippen LogP contribution >= 0.6 is 7.82 Å². The standard InChI is InChI=1S/C61H123N2O6P/c1-6-8-10-12-14-16-18-20-22-23-24-25-26-27-28-29-30-31-32-33-34-35-36-37-38-39-40-41-43-45-47-49-51-53-55-61(65)62-59(58-69-70(66,67)68-57-56-63(3,4)5)60(64)54-52-50-48-46-44-42-21-19-17-15-13-11-9-7-2/h52,54,59-60,64H,6-51,53,55-58H2,1-5H3,(H-,62,65,66,67)/b54-52+/t59-,60+/m0/s1. The third-order valence-electron chi connectivity index (χ3n) is 14.5. The lowest BCUT2D eigenvalue weighted by molar-refractivity contribution is -0.870. The first-order valence-corrected chi connectivity index (χ1v) is 32.5. The van der Waals surface area contributed by atoms with Crippen molar-refractivity contribution in [3.8, 4) is 0 Å². The van der Waals surface area contributed by atoms with E-state index in [1.54, 1.807) is 6.08 Å². The third-order valence-corrected chi connectivity index (χ3v) is 15.5. The van der Waals surface area contributed by atoms with Gasteiger partial charge in [0.25, 0.3) is 7.82 Å². The lowest BCUT2D eigenvalue weighted by Gasteiger charge is -2.29. The number of aliphatic hydroxyl groups excluding tert-OH is 1. The summed E-state index contributed by atoms with van der Waals surface area (Å²) < 4.78 is 23.3. The SMILES string of the molecule is CCCCCCCCCCCCCC/C=C/[C@@H](O)[C@H](COP(=O)([O-])OCC[N+](C)(C)C)NC(=O)CCCCCCCCCCCCCCCCCCCCCCCCCCCCCCCCCCCC. The summed E-state index contributed by atoms with van der Waals surface area (Å²) >= 11 is 0. The van der Waals surface area contributed by atoms with Crippen LogP contribution in [-0.2, 0) is 18.4 Å². The summed E-state index contributed by atoms with van der Waals surface area (Å²) in [5.41, 5.74) is 0. The molecular formula is C61H123N2O6P. The highest BCUT2D eigenvalue weighted by Crippen LogP contribution is 2.38. The molecule has 0 spiro atoms. The molecule has 0 aromatic heterocycles. The summed E-state index contributed by atoms with van der Waals surface area (Å²) in [6.45, 7) is 4.69. The molecule has 0 aliphatic heterocycles. The highest BCUT2D eigenvalue weighted by Gasteiger charge is 2.23. The van der Waals surface area contributed by atoms with Crippen molar-refractivity contribution in [1.29, 1.82) is 0 Å². The number of hydrogen-bond acceptors (Lipinski definition) is 6. The molecule has 0 saturated heterocycles. The van der Waals surface area contributed by atoms with E-state index in [2.05, 4.69) is 19.2 Å². The van der Waals surface area contributed by atoms with Gasteiger partial charge >= 0.3 is 0 Å². The molecule has 1 unspecified atom stereocenters. The van der Waals surface area contributed by atoms with Gasteiger partial charge in [0.15, 0.2) is 0 Å². The third kappa shape index (κ3) is 55.0. The largest absolute Gasteiger partial charge is 0.756 e. The van der Waals surface area contributed by atoms with E-state index < -0.39 is 20.0 Å². The average molecular weight is 1010 g/mol. The monoisotopic (exact) mass is 1010 g/mol. The van der Waals surface area contributed by atoms with Crippen LogP contribution in [0.1, 0.15) is 322 Å². The van der Waals surface area contributed by atoms with Crippen molar-refractivity contribution in [3.63, 3.8) is 0 Å². The maximum absolute atomic E-state index is 13.0. The molecule has 1 amide bonds. The maximum atomic E-state index is 13.0. The van der Waals surface area contributed by atoms with Gasteiger partial charge in [0.05, 0.1) is 39.9 Å². The van der Waals surface area contributed by atoms with E-state index in [4.69, 9.17) is 9.05 Å². The number of quaternary nitrogens is 1. The van der Waals surface area contributed by atoms with E-state index >= 15 is 0 Å². The Kier molecular flexibility index (Phi) is 52.5. The van der Waals surface area contributed by atoms with Crippen molar-refractivity contribution in [2.24, 2.45) is 0 Å². The van der Waals surface area contributed by atoms with Crippen molar-refractivity contribution >= 4 is 13.7 Å². The first-order valence-electron chi connectivity index (χ1n) is 31.1. The van der Waals surface area contributed by atoms with Gasteiger partial charge in [-0.2, -0.15) is 0 Å². The van der Waals surface area contributed by atoms with Crippen LogP contribution in [0.25, 0.3) is 0 Å². The molecule has 0 heterocycles. The first-order chi connectivity index (χ1) is 34.0. The van der Waals surface area contributed by atoms with E-state index in [0.717, 1.165) is 38.5 Å². The van der Waals surface area contributed by atoms with Gasteiger partial charge in [-0.05, 0) is 19.3 Å². The number of unbranched alkanes of at least 4 members (excludes halogenated alkanes) is 45. The van der Waals surface area contributed by atoms with Gasteiger partial charge in [0, 0.05) is 6.42 Å². The number of rotatable bonds is 58. The minimum atomic E-state index is -4.59. The second kappa shape index (κ2) is 53.1. The predicted molar refractivity (Wildman–Crippen MR) is 302 cm³/mol. The Balaban J connectivity index is 3.93. The molecule has 0 saturated carbocycles. The second-order valence-corrected chi connectivity index (χ2v) is 24.2. The minimum absolute atomic E-state index is 0.00253. The molecule has 2 N–H and O–H groups in total. The topological polar surface area (TPSA) is 108 Å². The summed E-state index contributed by atoms with van der Waals surface area (Å²) in [6, 6.07) is -0.881. The number of carbonyl (C=O) groups excluding carboxylic acids is 1. The average Bonchev–Trinajstić information content (AvgIpc) is 3.32. The molecule has 0 aromatic rings. The molecule has 0 bridgehead atoms. The molecule has 418 valence electrons. The Hall–Kier alpha value is -0.760. The predicted octanol–water partition coefficient (Wildman–Crippen LogP) is 18.4. The number of likely N-dealkylation sites (N-methyl/N-ethyl adjacent to an activating group) is 1. The Labute approximate surface area is 437 Å². The second-order valence-electron chi connectivity index (χ2n) is 22.8. The zero-order valence-electron chi connectivity index (χ0n) is 47.8. The van der Waals surface area contributed by atoms with E-state index in [-0.39, 0.29) is 19.1 Å². The lowest BCUT2D eigenvalue weighted by atomic mass is 10.0. The van der Waals surface area contributed by atoms with Crippen LogP contribution in [0.3, 0.4) is 0 Å². The maximum Gasteiger partial charge on any atom is 0.268 e. The zero-order valence-corrected chi connectivity index (χ0v) is 48.6. The molecule has 0 radical (unpaired) electrons. The van der Waals surface area contributed by atoms with Crippen molar-refractivity contribution < 1.29 is 32.9 Å². The highest BCUT2D eigenvalue weighted by molar-refractivity contribution is 7.45. The molecule has 9 heteroatoms. The summed E-state index contributed by atoms with van der Waals surface area (Å²) in [4.78, 5) is 25.5. The molecule has 0 aliphatic rings.